The minimum atomic E-state index is -1.12. The first-order valence-corrected chi connectivity index (χ1v) is 8.81. The molecule has 9 heteroatoms. The van der Waals surface area contributed by atoms with Crippen LogP contribution in [0.1, 0.15) is 31.7 Å². The largest absolute Gasteiger partial charge is 0.490 e. The molecule has 1 saturated heterocycles. The summed E-state index contributed by atoms with van der Waals surface area (Å²) in [5.41, 5.74) is 7.43. The molecule has 0 aromatic heterocycles. The van der Waals surface area contributed by atoms with Gasteiger partial charge in [-0.05, 0) is 49.9 Å². The van der Waals surface area contributed by atoms with Crippen molar-refractivity contribution in [2.24, 2.45) is 10.8 Å². The smallest absolute Gasteiger partial charge is 0.329 e. The highest BCUT2D eigenvalue weighted by atomic mass is 16.5. The number of hydrazone groups is 1. The third-order valence-electron chi connectivity index (χ3n) is 3.93. The van der Waals surface area contributed by atoms with Crippen LogP contribution in [0.25, 0.3) is 0 Å². The molecule has 0 radical (unpaired) electrons. The Kier molecular flexibility index (Phi) is 7.60. The molecule has 1 aliphatic rings. The highest BCUT2D eigenvalue weighted by Gasteiger charge is 2.17. The lowest BCUT2D eigenvalue weighted by molar-refractivity contribution is -0.137. The second-order valence-electron chi connectivity index (χ2n) is 5.93. The molecule has 27 heavy (non-hydrogen) atoms. The molecule has 3 amide bonds. The van der Waals surface area contributed by atoms with E-state index in [4.69, 9.17) is 15.2 Å². The van der Waals surface area contributed by atoms with E-state index in [2.05, 4.69) is 5.10 Å². The van der Waals surface area contributed by atoms with Crippen molar-refractivity contribution in [1.29, 1.82) is 0 Å². The zero-order valence-corrected chi connectivity index (χ0v) is 15.3. The number of likely N-dealkylation sites (tertiary alicyclic amines) is 1. The van der Waals surface area contributed by atoms with Gasteiger partial charge in [0.15, 0.2) is 18.1 Å². The molecule has 0 saturated carbocycles. The van der Waals surface area contributed by atoms with Crippen molar-refractivity contribution in [3.8, 4) is 11.5 Å². The summed E-state index contributed by atoms with van der Waals surface area (Å²) < 4.78 is 11.2. The average Bonchev–Trinajstić information content (AvgIpc) is 2.67. The molecule has 1 aliphatic heterocycles. The summed E-state index contributed by atoms with van der Waals surface area (Å²) >= 11 is 0. The first-order valence-electron chi connectivity index (χ1n) is 8.81. The van der Waals surface area contributed by atoms with Crippen LogP contribution in [0.2, 0.25) is 0 Å². The fourth-order valence-corrected chi connectivity index (χ4v) is 2.59. The lowest BCUT2D eigenvalue weighted by atomic mass is 10.1. The van der Waals surface area contributed by atoms with Gasteiger partial charge in [0.2, 0.25) is 0 Å². The van der Waals surface area contributed by atoms with E-state index in [-0.39, 0.29) is 12.5 Å². The molecule has 0 unspecified atom stereocenters. The number of nitrogens with zero attached hydrogens (tertiary/aromatic N) is 2. The second-order valence-corrected chi connectivity index (χ2v) is 5.93. The predicted molar refractivity (Wildman–Crippen MR) is 98.5 cm³/mol. The van der Waals surface area contributed by atoms with Gasteiger partial charge in [0.25, 0.3) is 5.91 Å². The summed E-state index contributed by atoms with van der Waals surface area (Å²) in [5.74, 6) is -1.27. The van der Waals surface area contributed by atoms with Crippen LogP contribution >= 0.6 is 0 Å². The molecule has 2 rings (SSSR count). The number of hydrogen-bond donors (Lipinski definition) is 2. The fraction of sp³-hybridized carbons (Fsp3) is 0.444. The van der Waals surface area contributed by atoms with E-state index in [0.29, 0.717) is 23.7 Å². The van der Waals surface area contributed by atoms with Crippen LogP contribution in [0.15, 0.2) is 23.3 Å². The normalized spacial score (nSPS) is 14.0. The van der Waals surface area contributed by atoms with Crippen LogP contribution in [0.5, 0.6) is 11.5 Å². The first kappa shape index (κ1) is 20.2. The van der Waals surface area contributed by atoms with Crippen molar-refractivity contribution < 1.29 is 23.9 Å². The van der Waals surface area contributed by atoms with E-state index in [0.717, 1.165) is 32.4 Å². The summed E-state index contributed by atoms with van der Waals surface area (Å²) in [5, 5.41) is 3.65. The zero-order valence-electron chi connectivity index (χ0n) is 15.3. The first-order chi connectivity index (χ1) is 13.0. The maximum absolute atomic E-state index is 12.2. The maximum atomic E-state index is 12.2. The summed E-state index contributed by atoms with van der Waals surface area (Å²) in [6, 6.07) is 5.00. The molecular weight excluding hydrogens is 352 g/mol. The number of hydrogen-bond acceptors (Lipinski definition) is 6. The Labute approximate surface area is 157 Å². The number of rotatable bonds is 7. The number of benzene rings is 1. The molecule has 146 valence electrons. The van der Waals surface area contributed by atoms with Gasteiger partial charge in [0, 0.05) is 13.1 Å². The van der Waals surface area contributed by atoms with E-state index in [1.54, 1.807) is 18.2 Å². The standard InChI is InChI=1S/C18H24N4O5/c1-2-26-15-10-13(11-20-21-18(25)17(19)24)6-7-14(15)27-12-16(23)22-8-4-3-5-9-22/h6-7,10-11H,2-5,8-9,12H2,1H3,(H2,19,24)(H,21,25)/b20-11-. The molecule has 3 N–H and O–H groups in total. The van der Waals surface area contributed by atoms with Crippen molar-refractivity contribution in [3.63, 3.8) is 0 Å². The molecule has 0 spiro atoms. The highest BCUT2D eigenvalue weighted by molar-refractivity contribution is 6.34. The van der Waals surface area contributed by atoms with Gasteiger partial charge >= 0.3 is 11.8 Å². The van der Waals surface area contributed by atoms with E-state index >= 15 is 0 Å². The van der Waals surface area contributed by atoms with Gasteiger partial charge < -0.3 is 20.1 Å². The number of carbonyl (C=O) groups excluding carboxylic acids is 3. The summed E-state index contributed by atoms with van der Waals surface area (Å²) in [6.45, 7) is 3.73. The Bertz CT molecular complexity index is 714. The molecule has 1 aromatic carbocycles. The molecule has 0 bridgehead atoms. The van der Waals surface area contributed by atoms with Crippen LogP contribution in [0, 0.1) is 0 Å². The van der Waals surface area contributed by atoms with Crippen LogP contribution in [-0.4, -0.2) is 55.1 Å². The van der Waals surface area contributed by atoms with Crippen molar-refractivity contribution in [1.82, 2.24) is 10.3 Å². The van der Waals surface area contributed by atoms with E-state index in [9.17, 15) is 14.4 Å². The number of nitrogens with two attached hydrogens (primary N) is 1. The summed E-state index contributed by atoms with van der Waals surface area (Å²) in [7, 11) is 0. The molecule has 1 fully saturated rings. The van der Waals surface area contributed by atoms with Crippen molar-refractivity contribution in [2.45, 2.75) is 26.2 Å². The van der Waals surface area contributed by atoms with E-state index in [1.165, 1.54) is 6.21 Å². The number of carbonyl (C=O) groups is 3. The van der Waals surface area contributed by atoms with E-state index < -0.39 is 11.8 Å². The summed E-state index contributed by atoms with van der Waals surface area (Å²) in [6.07, 6.45) is 4.54. The van der Waals surface area contributed by atoms with Crippen LogP contribution in [0.3, 0.4) is 0 Å². The third-order valence-corrected chi connectivity index (χ3v) is 3.93. The van der Waals surface area contributed by atoms with Gasteiger partial charge in [-0.1, -0.05) is 0 Å². The second kappa shape index (κ2) is 10.1. The number of nitrogens with one attached hydrogen (secondary N) is 1. The lowest BCUT2D eigenvalue weighted by Gasteiger charge is -2.26. The van der Waals surface area contributed by atoms with Gasteiger partial charge in [0.05, 0.1) is 12.8 Å². The molecule has 0 atom stereocenters. The highest BCUT2D eigenvalue weighted by Crippen LogP contribution is 2.28. The molecule has 9 nitrogen and oxygen atoms in total. The molecule has 0 aliphatic carbocycles. The Morgan fingerprint density at radius 3 is 2.59 bits per heavy atom. The van der Waals surface area contributed by atoms with Crippen LogP contribution < -0.4 is 20.6 Å². The number of piperidine rings is 1. The SMILES string of the molecule is CCOc1cc(/C=N\NC(=O)C(N)=O)ccc1OCC(=O)N1CCCCC1. The Morgan fingerprint density at radius 1 is 1.19 bits per heavy atom. The Hall–Kier alpha value is -3.10. The Balaban J connectivity index is 1.99. The molecule has 1 aromatic rings. The van der Waals surface area contributed by atoms with Gasteiger partial charge in [-0.2, -0.15) is 5.10 Å². The van der Waals surface area contributed by atoms with Gasteiger partial charge in [0.1, 0.15) is 0 Å². The maximum Gasteiger partial charge on any atom is 0.329 e. The van der Waals surface area contributed by atoms with Gasteiger partial charge in [-0.25, -0.2) is 5.43 Å². The number of ether oxygens (including phenoxy) is 2. The summed E-state index contributed by atoms with van der Waals surface area (Å²) in [4.78, 5) is 35.7. The molecule has 1 heterocycles. The fourth-order valence-electron chi connectivity index (χ4n) is 2.59. The minimum absolute atomic E-state index is 0.0445. The average molecular weight is 376 g/mol. The predicted octanol–water partition coefficient (Wildman–Crippen LogP) is 0.412. The zero-order chi connectivity index (χ0) is 19.6. The minimum Gasteiger partial charge on any atom is -0.490 e. The van der Waals surface area contributed by atoms with Crippen LogP contribution in [-0.2, 0) is 14.4 Å². The lowest BCUT2D eigenvalue weighted by Crippen LogP contribution is -2.38. The number of amides is 3. The van der Waals surface area contributed by atoms with Gasteiger partial charge in [-0.3, -0.25) is 14.4 Å². The van der Waals surface area contributed by atoms with Crippen molar-refractivity contribution in [2.75, 3.05) is 26.3 Å². The quantitative estimate of drug-likeness (QED) is 0.405. The number of primary amides is 1. The monoisotopic (exact) mass is 376 g/mol. The van der Waals surface area contributed by atoms with Crippen molar-refractivity contribution >= 4 is 23.9 Å². The Morgan fingerprint density at radius 2 is 1.93 bits per heavy atom. The van der Waals surface area contributed by atoms with Crippen LogP contribution in [0.4, 0.5) is 0 Å². The molecular formula is C18H24N4O5. The van der Waals surface area contributed by atoms with Crippen molar-refractivity contribution in [3.05, 3.63) is 23.8 Å². The third kappa shape index (κ3) is 6.28. The van der Waals surface area contributed by atoms with Gasteiger partial charge in [-0.15, -0.1) is 0 Å². The van der Waals surface area contributed by atoms with E-state index in [1.807, 2.05) is 17.2 Å². The topological polar surface area (TPSA) is 123 Å².